The molecule has 0 saturated carbocycles. The van der Waals surface area contributed by atoms with E-state index in [2.05, 4.69) is 128 Å². The zero-order chi connectivity index (χ0) is 21.2. The van der Waals surface area contributed by atoms with Crippen LogP contribution in [0.2, 0.25) is 0 Å². The van der Waals surface area contributed by atoms with Crippen molar-refractivity contribution in [3.63, 3.8) is 0 Å². The van der Waals surface area contributed by atoms with Crippen molar-refractivity contribution >= 4 is 22.7 Å². The van der Waals surface area contributed by atoms with Crippen LogP contribution in [0, 0.1) is 0 Å². The molecule has 0 aromatic heterocycles. The molecule has 1 nitrogen and oxygen atoms in total. The second kappa shape index (κ2) is 8.08. The molecule has 31 heavy (non-hydrogen) atoms. The van der Waals surface area contributed by atoms with Crippen molar-refractivity contribution in [3.05, 3.63) is 127 Å². The van der Waals surface area contributed by atoms with Gasteiger partial charge in [0, 0.05) is 0 Å². The van der Waals surface area contributed by atoms with E-state index in [0.29, 0.717) is 5.66 Å². The molecule has 0 spiro atoms. The number of hydrogen-bond acceptors (Lipinski definition) is 1. The van der Waals surface area contributed by atoms with E-state index in [4.69, 9.17) is 4.52 Å². The Bertz CT molecular complexity index is 1030. The molecule has 0 aliphatic carbocycles. The first-order chi connectivity index (χ1) is 15.3. The molecule has 0 N–H and O–H groups in total. The van der Waals surface area contributed by atoms with Crippen molar-refractivity contribution in [2.45, 2.75) is 31.5 Å². The molecule has 1 fully saturated rings. The predicted octanol–water partition coefficient (Wildman–Crippen LogP) is 6.37. The zero-order valence-electron chi connectivity index (χ0n) is 18.0. The van der Waals surface area contributed by atoms with Crippen molar-refractivity contribution in [1.29, 1.82) is 0 Å². The van der Waals surface area contributed by atoms with Gasteiger partial charge in [-0.3, -0.25) is 0 Å². The maximum atomic E-state index is 7.45. The molecule has 1 aliphatic heterocycles. The summed E-state index contributed by atoms with van der Waals surface area (Å²) in [5.41, 5.74) is 1.68. The van der Waals surface area contributed by atoms with E-state index in [1.165, 1.54) is 21.5 Å². The van der Waals surface area contributed by atoms with Crippen molar-refractivity contribution in [2.24, 2.45) is 0 Å². The minimum absolute atomic E-state index is 0.0967. The van der Waals surface area contributed by atoms with Gasteiger partial charge < -0.3 is 0 Å². The summed E-state index contributed by atoms with van der Waals surface area (Å²) in [6.45, 7) is -0.839. The Labute approximate surface area is 185 Å². The first-order valence-corrected chi connectivity index (χ1v) is 13.5. The Morgan fingerprint density at radius 3 is 1.35 bits per heavy atom. The average molecular weight is 425 g/mol. The third-order valence-corrected chi connectivity index (χ3v) is 13.3. The van der Waals surface area contributed by atoms with E-state index in [-0.39, 0.29) is 6.10 Å². The Kier molecular flexibility index (Phi) is 5.26. The summed E-state index contributed by atoms with van der Waals surface area (Å²) in [6, 6.07) is 43.9. The molecule has 0 bridgehead atoms. The molecule has 1 saturated heterocycles. The van der Waals surface area contributed by atoms with Crippen LogP contribution < -0.4 is 15.9 Å². The molecule has 2 heteroatoms. The van der Waals surface area contributed by atoms with Gasteiger partial charge in [-0.1, -0.05) is 0 Å². The van der Waals surface area contributed by atoms with Gasteiger partial charge in [-0.2, -0.15) is 0 Å². The van der Waals surface area contributed by atoms with E-state index >= 15 is 0 Å². The van der Waals surface area contributed by atoms with Gasteiger partial charge in [-0.05, 0) is 0 Å². The minimum atomic E-state index is -3.14. The third kappa shape index (κ3) is 2.84. The Morgan fingerprint density at radius 1 is 0.581 bits per heavy atom. The first kappa shape index (κ1) is 20.2. The van der Waals surface area contributed by atoms with Crippen LogP contribution in [0.5, 0.6) is 0 Å². The third-order valence-electron chi connectivity index (χ3n) is 6.83. The van der Waals surface area contributed by atoms with E-state index < -0.39 is 6.83 Å². The van der Waals surface area contributed by atoms with Crippen LogP contribution in [0.1, 0.15) is 31.4 Å². The molecular weight excluding hydrogens is 395 g/mol. The van der Waals surface area contributed by atoms with Gasteiger partial charge >= 0.3 is 186 Å². The van der Waals surface area contributed by atoms with Crippen molar-refractivity contribution in [3.8, 4) is 0 Å². The van der Waals surface area contributed by atoms with Gasteiger partial charge in [-0.15, -0.1) is 0 Å². The van der Waals surface area contributed by atoms with Crippen molar-refractivity contribution < 1.29 is 4.52 Å². The number of hydrogen-bond donors (Lipinski definition) is 0. The monoisotopic (exact) mass is 424 g/mol. The van der Waals surface area contributed by atoms with Gasteiger partial charge in [0.25, 0.3) is 0 Å². The second-order valence-electron chi connectivity index (χ2n) is 8.40. The summed E-state index contributed by atoms with van der Waals surface area (Å²) in [5, 5.41) is 3.99. The molecule has 1 aliphatic rings. The average Bonchev–Trinajstić information content (AvgIpc) is 2.85. The summed E-state index contributed by atoms with van der Waals surface area (Å²) in [4.78, 5) is 0. The zero-order valence-corrected chi connectivity index (χ0v) is 18.9. The van der Waals surface area contributed by atoms with Crippen molar-refractivity contribution in [2.75, 3.05) is 0 Å². The second-order valence-corrected chi connectivity index (χ2v) is 13.0. The number of rotatable bonds is 6. The van der Waals surface area contributed by atoms with Gasteiger partial charge in [-0.25, -0.2) is 0 Å². The molecule has 0 radical (unpaired) electrons. The van der Waals surface area contributed by atoms with E-state index in [9.17, 15) is 0 Å². The van der Waals surface area contributed by atoms with Crippen LogP contribution in [0.3, 0.4) is 0 Å². The predicted molar refractivity (Wildman–Crippen MR) is 134 cm³/mol. The van der Waals surface area contributed by atoms with E-state index in [1.54, 1.807) is 0 Å². The van der Waals surface area contributed by atoms with Crippen LogP contribution >= 0.6 is 6.83 Å². The van der Waals surface area contributed by atoms with Crippen molar-refractivity contribution in [1.82, 2.24) is 0 Å². The van der Waals surface area contributed by atoms with E-state index in [1.807, 2.05) is 0 Å². The molecule has 2 atom stereocenters. The van der Waals surface area contributed by atoms with Gasteiger partial charge in [0.1, 0.15) is 0 Å². The fourth-order valence-electron chi connectivity index (χ4n) is 5.58. The van der Waals surface area contributed by atoms with Crippen LogP contribution in [0.4, 0.5) is 0 Å². The first-order valence-electron chi connectivity index (χ1n) is 11.2. The maximum absolute atomic E-state index is 7.45. The summed E-state index contributed by atoms with van der Waals surface area (Å²) < 4.78 is 7.45. The molecule has 0 amide bonds. The normalized spacial score (nSPS) is 22.5. The fourth-order valence-corrected chi connectivity index (χ4v) is 12.5. The fraction of sp³-hybridized carbons (Fsp3) is 0.172. The van der Waals surface area contributed by atoms with Crippen LogP contribution in [0.25, 0.3) is 0 Å². The van der Waals surface area contributed by atoms with Crippen LogP contribution in [0.15, 0.2) is 121 Å². The summed E-state index contributed by atoms with van der Waals surface area (Å²) in [6.07, 6.45) is 2.34. The molecule has 1 heterocycles. The van der Waals surface area contributed by atoms with Crippen LogP contribution in [-0.4, -0.2) is 5.66 Å². The Morgan fingerprint density at radius 2 is 0.968 bits per heavy atom. The Balaban J connectivity index is 1.86. The van der Waals surface area contributed by atoms with Gasteiger partial charge in [0.05, 0.1) is 0 Å². The summed E-state index contributed by atoms with van der Waals surface area (Å²) in [7, 11) is 0. The molecule has 5 rings (SSSR count). The SMILES string of the molecule is CCC[C@H]1[C@H](c2ccccc2)OP1(c1ccccc1)(c1ccccc1)c1ccccc1. The summed E-state index contributed by atoms with van der Waals surface area (Å²) >= 11 is 0. The molecular formula is C29H29OP. The standard InChI is InChI=1S/C29H29OP/c1-2-15-28-29(24-16-7-3-8-17-24)30-31(28,25-18-9-4-10-19-25,26-20-11-5-12-21-26)27-22-13-6-14-23-27/h3-14,16-23,28-29H,2,15H2,1H3/t28-,29-/m0/s1. The number of benzene rings is 4. The van der Waals surface area contributed by atoms with Gasteiger partial charge in [0.2, 0.25) is 0 Å². The topological polar surface area (TPSA) is 9.23 Å². The Hall–Kier alpha value is -2.73. The molecule has 4 aromatic rings. The molecule has 0 unspecified atom stereocenters. The quantitative estimate of drug-likeness (QED) is 0.327. The summed E-state index contributed by atoms with van der Waals surface area (Å²) in [5.74, 6) is 0. The van der Waals surface area contributed by atoms with Crippen LogP contribution in [-0.2, 0) is 4.52 Å². The molecule has 156 valence electrons. The van der Waals surface area contributed by atoms with Gasteiger partial charge in [0.15, 0.2) is 0 Å². The molecule has 4 aromatic carbocycles. The van der Waals surface area contributed by atoms with E-state index in [0.717, 1.165) is 12.8 Å².